The zero-order valence-electron chi connectivity index (χ0n) is 17.3. The third kappa shape index (κ3) is 4.48. The molecule has 0 bridgehead atoms. The summed E-state index contributed by atoms with van der Waals surface area (Å²) in [5.41, 5.74) is 5.27. The predicted octanol–water partition coefficient (Wildman–Crippen LogP) is 6.42. The summed E-state index contributed by atoms with van der Waals surface area (Å²) in [4.78, 5) is 17.6. The highest BCUT2D eigenvalue weighted by atomic mass is 35.5. The van der Waals surface area contributed by atoms with E-state index >= 15 is 0 Å². The van der Waals surface area contributed by atoms with Gasteiger partial charge in [-0.2, -0.15) is 0 Å². The van der Waals surface area contributed by atoms with Crippen molar-refractivity contribution < 1.29 is 4.79 Å². The number of aromatic nitrogens is 3. The number of hydrogen-bond donors (Lipinski definition) is 1. The summed E-state index contributed by atoms with van der Waals surface area (Å²) in [6.45, 7) is 5.90. The maximum Gasteiger partial charge on any atom is 0.295 e. The van der Waals surface area contributed by atoms with Gasteiger partial charge in [0.15, 0.2) is 5.82 Å². The minimum absolute atomic E-state index is 0.0604. The standard InChI is InChI=1S/C24H20Cl2N4O/c1-14-4-5-16(3)21(12-14)30-23(17-7-10-18(25)11-8-17)28-22(29-30)24(31)27-20-13-19(26)9-6-15(20)2/h4-13H,1-3H3,(H,27,31). The van der Waals surface area contributed by atoms with E-state index in [0.717, 1.165) is 27.9 Å². The van der Waals surface area contributed by atoms with Crippen LogP contribution < -0.4 is 5.32 Å². The molecule has 1 aromatic heterocycles. The first kappa shape index (κ1) is 21.1. The van der Waals surface area contributed by atoms with Crippen LogP contribution in [0.3, 0.4) is 0 Å². The van der Waals surface area contributed by atoms with Crippen molar-refractivity contribution in [2.45, 2.75) is 20.8 Å². The highest BCUT2D eigenvalue weighted by molar-refractivity contribution is 6.31. The van der Waals surface area contributed by atoms with Crippen molar-refractivity contribution in [1.82, 2.24) is 14.8 Å². The van der Waals surface area contributed by atoms with E-state index in [1.807, 2.05) is 57.2 Å². The Labute approximate surface area is 190 Å². The van der Waals surface area contributed by atoms with Crippen LogP contribution in [0.15, 0.2) is 60.7 Å². The molecule has 0 aliphatic carbocycles. The number of nitrogens with zero attached hydrogens (tertiary/aromatic N) is 3. The summed E-state index contributed by atoms with van der Waals surface area (Å²) in [6, 6.07) is 18.7. The van der Waals surface area contributed by atoms with E-state index in [1.54, 1.807) is 28.9 Å². The third-order valence-corrected chi connectivity index (χ3v) is 5.44. The molecule has 0 fully saturated rings. The van der Waals surface area contributed by atoms with Gasteiger partial charge in [0.2, 0.25) is 5.82 Å². The second-order valence-corrected chi connectivity index (χ2v) is 8.25. The fourth-order valence-electron chi connectivity index (χ4n) is 3.22. The number of carbonyl (C=O) groups excluding carboxylic acids is 1. The second-order valence-electron chi connectivity index (χ2n) is 7.38. The van der Waals surface area contributed by atoms with E-state index in [-0.39, 0.29) is 5.82 Å². The van der Waals surface area contributed by atoms with Gasteiger partial charge in [-0.15, -0.1) is 5.10 Å². The number of rotatable bonds is 4. The fraction of sp³-hybridized carbons (Fsp3) is 0.125. The minimum atomic E-state index is -0.412. The number of anilines is 1. The zero-order chi connectivity index (χ0) is 22.1. The summed E-state index contributed by atoms with van der Waals surface area (Å²) in [5, 5.41) is 8.58. The van der Waals surface area contributed by atoms with Crippen molar-refractivity contribution in [2.24, 2.45) is 0 Å². The van der Waals surface area contributed by atoms with Crippen LogP contribution in [0, 0.1) is 20.8 Å². The molecule has 1 heterocycles. The van der Waals surface area contributed by atoms with Gasteiger partial charge in [0.1, 0.15) is 0 Å². The topological polar surface area (TPSA) is 59.8 Å². The summed E-state index contributed by atoms with van der Waals surface area (Å²) < 4.78 is 1.70. The highest BCUT2D eigenvalue weighted by Gasteiger charge is 2.20. The molecule has 4 aromatic rings. The SMILES string of the molecule is Cc1ccc(C)c(-n2nc(C(=O)Nc3cc(Cl)ccc3C)nc2-c2ccc(Cl)cc2)c1. The molecule has 7 heteroatoms. The van der Waals surface area contributed by atoms with Crippen molar-refractivity contribution in [1.29, 1.82) is 0 Å². The largest absolute Gasteiger partial charge is 0.319 e. The van der Waals surface area contributed by atoms with Crippen molar-refractivity contribution >= 4 is 34.8 Å². The fourth-order valence-corrected chi connectivity index (χ4v) is 3.51. The molecule has 0 spiro atoms. The van der Waals surface area contributed by atoms with Gasteiger partial charge in [-0.1, -0.05) is 41.4 Å². The Balaban J connectivity index is 1.81. The molecule has 0 radical (unpaired) electrons. The molecule has 0 atom stereocenters. The number of hydrogen-bond acceptors (Lipinski definition) is 3. The zero-order valence-corrected chi connectivity index (χ0v) is 18.8. The Morgan fingerprint density at radius 1 is 0.871 bits per heavy atom. The van der Waals surface area contributed by atoms with Crippen LogP contribution >= 0.6 is 23.2 Å². The molecule has 1 amide bonds. The molecular formula is C24H20Cl2N4O. The maximum absolute atomic E-state index is 13.0. The molecule has 0 saturated heterocycles. The number of amides is 1. The number of carbonyl (C=O) groups is 1. The van der Waals surface area contributed by atoms with Crippen LogP contribution in [-0.2, 0) is 0 Å². The van der Waals surface area contributed by atoms with Gasteiger partial charge in [0.05, 0.1) is 5.69 Å². The summed E-state index contributed by atoms with van der Waals surface area (Å²) >= 11 is 12.1. The number of halogens is 2. The quantitative estimate of drug-likeness (QED) is 0.390. The van der Waals surface area contributed by atoms with Crippen molar-refractivity contribution in [3.05, 3.63) is 93.2 Å². The van der Waals surface area contributed by atoms with Gasteiger partial charge in [0.25, 0.3) is 5.91 Å². The first-order chi connectivity index (χ1) is 14.8. The lowest BCUT2D eigenvalue weighted by Gasteiger charge is -2.10. The van der Waals surface area contributed by atoms with Crippen molar-refractivity contribution in [3.63, 3.8) is 0 Å². The first-order valence-electron chi connectivity index (χ1n) is 9.70. The van der Waals surface area contributed by atoms with Gasteiger partial charge in [-0.25, -0.2) is 9.67 Å². The van der Waals surface area contributed by atoms with E-state index in [1.165, 1.54) is 0 Å². The van der Waals surface area contributed by atoms with Gasteiger partial charge in [0, 0.05) is 21.3 Å². The molecule has 31 heavy (non-hydrogen) atoms. The number of benzene rings is 3. The van der Waals surface area contributed by atoms with Crippen LogP contribution in [0.25, 0.3) is 17.1 Å². The molecule has 5 nitrogen and oxygen atoms in total. The van der Waals surface area contributed by atoms with Crippen LogP contribution in [0.5, 0.6) is 0 Å². The van der Waals surface area contributed by atoms with E-state index < -0.39 is 5.91 Å². The molecule has 4 rings (SSSR count). The molecule has 0 unspecified atom stereocenters. The minimum Gasteiger partial charge on any atom is -0.319 e. The molecule has 3 aromatic carbocycles. The van der Waals surface area contributed by atoms with E-state index in [2.05, 4.69) is 15.4 Å². The average molecular weight is 451 g/mol. The lowest BCUT2D eigenvalue weighted by Crippen LogP contribution is -2.15. The van der Waals surface area contributed by atoms with Gasteiger partial charge < -0.3 is 5.32 Å². The van der Waals surface area contributed by atoms with Crippen LogP contribution in [0.2, 0.25) is 10.0 Å². The summed E-state index contributed by atoms with van der Waals surface area (Å²) in [6.07, 6.45) is 0. The second kappa shape index (κ2) is 8.53. The lowest BCUT2D eigenvalue weighted by molar-refractivity contribution is 0.101. The number of nitrogens with one attached hydrogen (secondary N) is 1. The van der Waals surface area contributed by atoms with E-state index in [9.17, 15) is 4.79 Å². The normalized spacial score (nSPS) is 10.9. The van der Waals surface area contributed by atoms with Crippen molar-refractivity contribution in [2.75, 3.05) is 5.32 Å². The van der Waals surface area contributed by atoms with Gasteiger partial charge >= 0.3 is 0 Å². The molecule has 0 aliphatic heterocycles. The summed E-state index contributed by atoms with van der Waals surface area (Å²) in [7, 11) is 0. The van der Waals surface area contributed by atoms with Crippen LogP contribution in [-0.4, -0.2) is 20.7 Å². The Morgan fingerprint density at radius 2 is 1.55 bits per heavy atom. The van der Waals surface area contributed by atoms with Crippen molar-refractivity contribution in [3.8, 4) is 17.1 Å². The molecular weight excluding hydrogens is 431 g/mol. The maximum atomic E-state index is 13.0. The molecule has 0 aliphatic rings. The monoisotopic (exact) mass is 450 g/mol. The van der Waals surface area contributed by atoms with Crippen LogP contribution in [0.4, 0.5) is 5.69 Å². The Hall–Kier alpha value is -3.15. The van der Waals surface area contributed by atoms with Crippen LogP contribution in [0.1, 0.15) is 27.3 Å². The molecule has 0 saturated carbocycles. The number of aryl methyl sites for hydroxylation is 3. The third-order valence-electron chi connectivity index (χ3n) is 4.95. The highest BCUT2D eigenvalue weighted by Crippen LogP contribution is 2.26. The Morgan fingerprint density at radius 3 is 2.29 bits per heavy atom. The van der Waals surface area contributed by atoms with E-state index in [4.69, 9.17) is 23.2 Å². The van der Waals surface area contributed by atoms with Gasteiger partial charge in [-0.05, 0) is 79.9 Å². The Bertz CT molecular complexity index is 1280. The molecule has 156 valence electrons. The predicted molar refractivity (Wildman–Crippen MR) is 125 cm³/mol. The lowest BCUT2D eigenvalue weighted by atomic mass is 10.1. The molecule has 1 N–H and O–H groups in total. The smallest absolute Gasteiger partial charge is 0.295 e. The van der Waals surface area contributed by atoms with E-state index in [0.29, 0.717) is 21.6 Å². The summed E-state index contributed by atoms with van der Waals surface area (Å²) in [5.74, 6) is 0.202. The average Bonchev–Trinajstić information content (AvgIpc) is 3.18. The first-order valence-corrected chi connectivity index (χ1v) is 10.5. The van der Waals surface area contributed by atoms with Gasteiger partial charge in [-0.3, -0.25) is 4.79 Å². The Kier molecular flexibility index (Phi) is 5.81.